The van der Waals surface area contributed by atoms with Crippen molar-refractivity contribution in [2.75, 3.05) is 51.8 Å². The lowest BCUT2D eigenvalue weighted by Crippen LogP contribution is -2.47. The number of Topliss-reactive ketones (excluding diaryl/α,β-unsaturated/α-hetero) is 1. The fourth-order valence-corrected chi connectivity index (χ4v) is 6.57. The Morgan fingerprint density at radius 2 is 1.60 bits per heavy atom. The standard InChI is InChI=1S/C37H41N5O6/c1-24(26-10-6-5-7-11-26)40-18-20-41(21-19-40)31-13-8-12-28-34(31)37(46)42(36(28)45)30(27-15-16-32(47-3)33(22-27)48-4)14-9-17-39-35(44)29(23-38)25(2)43/h5-8,10-13,15-16,22,24,29-30H,9,14,17-21H2,1-4H3,(H,39,44)/t24-,29?,30-/m1/s1. The van der Waals surface area contributed by atoms with Gasteiger partial charge in [0.15, 0.2) is 23.2 Å². The van der Waals surface area contributed by atoms with Gasteiger partial charge in [0.05, 0.1) is 43.1 Å². The molecule has 0 saturated carbocycles. The summed E-state index contributed by atoms with van der Waals surface area (Å²) in [7, 11) is 3.04. The number of anilines is 1. The minimum atomic E-state index is -1.38. The number of nitrogens with one attached hydrogen (secondary N) is 1. The number of nitrogens with zero attached hydrogens (tertiary/aromatic N) is 4. The van der Waals surface area contributed by atoms with Crippen LogP contribution in [-0.4, -0.2) is 80.2 Å². The second kappa shape index (κ2) is 15.1. The summed E-state index contributed by atoms with van der Waals surface area (Å²) in [6.45, 7) is 6.58. The summed E-state index contributed by atoms with van der Waals surface area (Å²) in [5.41, 5.74) is 3.41. The van der Waals surface area contributed by atoms with Crippen LogP contribution in [0.1, 0.15) is 70.6 Å². The topological polar surface area (TPSA) is 132 Å². The van der Waals surface area contributed by atoms with E-state index in [4.69, 9.17) is 9.47 Å². The van der Waals surface area contributed by atoms with Gasteiger partial charge in [0.2, 0.25) is 5.91 Å². The molecule has 1 N–H and O–H groups in total. The van der Waals surface area contributed by atoms with Crippen molar-refractivity contribution in [3.63, 3.8) is 0 Å². The van der Waals surface area contributed by atoms with Gasteiger partial charge < -0.3 is 19.7 Å². The SMILES string of the molecule is COc1ccc([C@@H](CCCNC(=O)C(C#N)C(C)=O)N2C(=O)c3cccc(N4CCN([C@H](C)c5ccccc5)CC4)c3C2=O)cc1OC. The van der Waals surface area contributed by atoms with Crippen LogP contribution >= 0.6 is 0 Å². The van der Waals surface area contributed by atoms with Gasteiger partial charge in [-0.3, -0.25) is 29.0 Å². The molecule has 3 aromatic carbocycles. The van der Waals surface area contributed by atoms with E-state index in [1.165, 1.54) is 31.6 Å². The van der Waals surface area contributed by atoms with E-state index in [1.54, 1.807) is 30.3 Å². The Bertz CT molecular complexity index is 1710. The van der Waals surface area contributed by atoms with Crippen LogP contribution in [0.5, 0.6) is 11.5 Å². The maximum Gasteiger partial charge on any atom is 0.264 e. The second-order valence-electron chi connectivity index (χ2n) is 12.0. The summed E-state index contributed by atoms with van der Waals surface area (Å²) in [6, 6.07) is 22.4. The molecule has 0 aliphatic carbocycles. The van der Waals surface area contributed by atoms with Crippen molar-refractivity contribution in [3.8, 4) is 17.6 Å². The molecule has 2 aliphatic rings. The number of piperazine rings is 1. The number of carbonyl (C=O) groups excluding carboxylic acids is 4. The monoisotopic (exact) mass is 651 g/mol. The number of ether oxygens (including phenoxy) is 2. The van der Waals surface area contributed by atoms with Crippen LogP contribution in [0.15, 0.2) is 66.7 Å². The molecule has 1 fully saturated rings. The van der Waals surface area contributed by atoms with Crippen molar-refractivity contribution in [1.82, 2.24) is 15.1 Å². The zero-order valence-electron chi connectivity index (χ0n) is 27.8. The van der Waals surface area contributed by atoms with Crippen LogP contribution in [0.3, 0.4) is 0 Å². The van der Waals surface area contributed by atoms with Gasteiger partial charge in [-0.15, -0.1) is 0 Å². The predicted molar refractivity (Wildman–Crippen MR) is 180 cm³/mol. The Morgan fingerprint density at radius 3 is 2.25 bits per heavy atom. The van der Waals surface area contributed by atoms with E-state index in [0.717, 1.165) is 18.8 Å². The Kier molecular flexibility index (Phi) is 10.8. The van der Waals surface area contributed by atoms with Gasteiger partial charge in [0.25, 0.3) is 11.8 Å². The minimum absolute atomic E-state index is 0.147. The van der Waals surface area contributed by atoms with Crippen LogP contribution < -0.4 is 19.7 Å². The van der Waals surface area contributed by atoms with Gasteiger partial charge in [-0.05, 0) is 62.1 Å². The maximum absolute atomic E-state index is 14.3. The highest BCUT2D eigenvalue weighted by Crippen LogP contribution is 2.40. The summed E-state index contributed by atoms with van der Waals surface area (Å²) in [6.07, 6.45) is 0.673. The molecule has 11 heteroatoms. The molecule has 5 rings (SSSR count). The highest BCUT2D eigenvalue weighted by atomic mass is 16.5. The summed E-state index contributed by atoms with van der Waals surface area (Å²) < 4.78 is 10.9. The van der Waals surface area contributed by atoms with Gasteiger partial charge >= 0.3 is 0 Å². The molecule has 0 radical (unpaired) electrons. The lowest BCUT2D eigenvalue weighted by molar-refractivity contribution is -0.130. The number of methoxy groups -OCH3 is 2. The van der Waals surface area contributed by atoms with Gasteiger partial charge in [-0.1, -0.05) is 42.5 Å². The molecule has 11 nitrogen and oxygen atoms in total. The van der Waals surface area contributed by atoms with Crippen LogP contribution in [0.2, 0.25) is 0 Å². The largest absolute Gasteiger partial charge is 0.493 e. The summed E-state index contributed by atoms with van der Waals surface area (Å²) >= 11 is 0. The molecule has 0 spiro atoms. The van der Waals surface area contributed by atoms with E-state index in [1.807, 2.05) is 30.3 Å². The van der Waals surface area contributed by atoms with Crippen molar-refractivity contribution < 1.29 is 28.7 Å². The number of imide groups is 1. The van der Waals surface area contributed by atoms with Gasteiger partial charge in [-0.2, -0.15) is 5.26 Å². The highest BCUT2D eigenvalue weighted by Gasteiger charge is 2.43. The molecule has 250 valence electrons. The predicted octanol–water partition coefficient (Wildman–Crippen LogP) is 4.55. The number of hydrogen-bond donors (Lipinski definition) is 1. The molecule has 1 unspecified atom stereocenters. The van der Waals surface area contributed by atoms with E-state index >= 15 is 0 Å². The third-order valence-electron chi connectivity index (χ3n) is 9.26. The average molecular weight is 652 g/mol. The third kappa shape index (κ3) is 6.89. The minimum Gasteiger partial charge on any atom is -0.493 e. The normalized spacial score (nSPS) is 16.5. The van der Waals surface area contributed by atoms with Crippen LogP contribution in [0, 0.1) is 17.2 Å². The van der Waals surface area contributed by atoms with Gasteiger partial charge in [0, 0.05) is 38.8 Å². The lowest BCUT2D eigenvalue weighted by atomic mass is 9.99. The molecule has 1 saturated heterocycles. The number of amides is 3. The van der Waals surface area contributed by atoms with Crippen molar-refractivity contribution in [2.45, 2.75) is 38.8 Å². The van der Waals surface area contributed by atoms with Crippen molar-refractivity contribution in [1.29, 1.82) is 5.26 Å². The van der Waals surface area contributed by atoms with Crippen molar-refractivity contribution >= 4 is 29.2 Å². The van der Waals surface area contributed by atoms with Gasteiger partial charge in [-0.25, -0.2) is 0 Å². The average Bonchev–Trinajstić information content (AvgIpc) is 3.37. The Morgan fingerprint density at radius 1 is 0.896 bits per heavy atom. The molecule has 3 amide bonds. The fourth-order valence-electron chi connectivity index (χ4n) is 6.57. The highest BCUT2D eigenvalue weighted by molar-refractivity contribution is 6.24. The second-order valence-corrected chi connectivity index (χ2v) is 12.0. The molecule has 3 aromatic rings. The third-order valence-corrected chi connectivity index (χ3v) is 9.26. The zero-order valence-corrected chi connectivity index (χ0v) is 27.8. The summed E-state index contributed by atoms with van der Waals surface area (Å²) in [5, 5.41) is 11.8. The van der Waals surface area contributed by atoms with Crippen LogP contribution in [0.25, 0.3) is 0 Å². The first-order valence-corrected chi connectivity index (χ1v) is 16.1. The molecule has 48 heavy (non-hydrogen) atoms. The number of nitriles is 1. The fraction of sp³-hybridized carbons (Fsp3) is 0.378. The number of rotatable bonds is 13. The number of fused-ring (bicyclic) bond motifs is 1. The lowest BCUT2D eigenvalue weighted by Gasteiger charge is -2.39. The molecular formula is C37H41N5O6. The molecule has 0 bridgehead atoms. The summed E-state index contributed by atoms with van der Waals surface area (Å²) in [5.74, 6) is -2.40. The number of hydrogen-bond acceptors (Lipinski definition) is 9. The van der Waals surface area contributed by atoms with Crippen LogP contribution in [-0.2, 0) is 9.59 Å². The van der Waals surface area contributed by atoms with E-state index < -0.39 is 29.6 Å². The molecule has 2 aliphatic heterocycles. The van der Waals surface area contributed by atoms with E-state index in [9.17, 15) is 24.4 Å². The quantitative estimate of drug-likeness (QED) is 0.161. The Hall–Kier alpha value is -5.21. The Balaban J connectivity index is 1.38. The first kappa shape index (κ1) is 34.1. The van der Waals surface area contributed by atoms with Gasteiger partial charge in [0.1, 0.15) is 0 Å². The smallest absolute Gasteiger partial charge is 0.264 e. The maximum atomic E-state index is 14.3. The van der Waals surface area contributed by atoms with Crippen molar-refractivity contribution in [2.24, 2.45) is 5.92 Å². The van der Waals surface area contributed by atoms with Crippen molar-refractivity contribution in [3.05, 3.63) is 89.0 Å². The van der Waals surface area contributed by atoms with Crippen LogP contribution in [0.4, 0.5) is 5.69 Å². The number of ketones is 1. The Labute approximate surface area is 281 Å². The molecular weight excluding hydrogens is 610 g/mol. The zero-order chi connectivity index (χ0) is 34.4. The summed E-state index contributed by atoms with van der Waals surface area (Å²) in [4.78, 5) is 58.4. The first-order chi connectivity index (χ1) is 23.2. The number of carbonyl (C=O) groups is 4. The first-order valence-electron chi connectivity index (χ1n) is 16.1. The van der Waals surface area contributed by atoms with E-state index in [2.05, 4.69) is 34.2 Å². The van der Waals surface area contributed by atoms with E-state index in [-0.39, 0.29) is 18.5 Å². The molecule has 3 atom stereocenters. The molecule has 2 heterocycles. The van der Waals surface area contributed by atoms with E-state index in [0.29, 0.717) is 54.1 Å². The molecule has 0 aromatic heterocycles. The number of benzene rings is 3.